The van der Waals surface area contributed by atoms with Crippen molar-refractivity contribution in [3.63, 3.8) is 0 Å². The van der Waals surface area contributed by atoms with E-state index in [4.69, 9.17) is 9.84 Å². The number of ether oxygens (including phenoxy) is 1. The molecule has 1 aromatic carbocycles. The van der Waals surface area contributed by atoms with Crippen molar-refractivity contribution in [1.82, 2.24) is 0 Å². The number of aliphatic hydroxyl groups is 2. The molecule has 0 bridgehead atoms. The van der Waals surface area contributed by atoms with Crippen LogP contribution in [0.4, 0.5) is 5.69 Å². The van der Waals surface area contributed by atoms with Gasteiger partial charge in [0, 0.05) is 19.8 Å². The normalized spacial score (nSPS) is 28.1. The van der Waals surface area contributed by atoms with Gasteiger partial charge in [0.15, 0.2) is 0 Å². The Morgan fingerprint density at radius 1 is 1.22 bits per heavy atom. The molecule has 1 saturated heterocycles. The third kappa shape index (κ3) is 2.83. The van der Waals surface area contributed by atoms with Crippen molar-refractivity contribution in [3.05, 3.63) is 29.8 Å². The molecule has 1 fully saturated rings. The van der Waals surface area contributed by atoms with Gasteiger partial charge in [-0.25, -0.2) is 0 Å². The molecule has 0 amide bonds. The van der Waals surface area contributed by atoms with Gasteiger partial charge in [-0.2, -0.15) is 0 Å². The van der Waals surface area contributed by atoms with Crippen LogP contribution in [0.2, 0.25) is 0 Å². The van der Waals surface area contributed by atoms with E-state index in [1.165, 1.54) is 0 Å². The van der Waals surface area contributed by atoms with Crippen molar-refractivity contribution >= 4 is 5.69 Å². The van der Waals surface area contributed by atoms with Crippen molar-refractivity contribution in [2.24, 2.45) is 0 Å². The fraction of sp³-hybridized carbons (Fsp3) is 0.571. The molecular weight excluding hydrogens is 230 g/mol. The lowest BCUT2D eigenvalue weighted by molar-refractivity contribution is -0.135. The molecule has 4 nitrogen and oxygen atoms in total. The molecule has 2 rings (SSSR count). The molecule has 0 aliphatic carbocycles. The quantitative estimate of drug-likeness (QED) is 0.851. The van der Waals surface area contributed by atoms with Gasteiger partial charge in [0.2, 0.25) is 0 Å². The molecule has 0 saturated carbocycles. The molecule has 0 unspecified atom stereocenters. The van der Waals surface area contributed by atoms with Crippen molar-refractivity contribution in [1.29, 1.82) is 0 Å². The van der Waals surface area contributed by atoms with Gasteiger partial charge in [0.1, 0.15) is 6.10 Å². The zero-order valence-corrected chi connectivity index (χ0v) is 10.9. The molecule has 1 aliphatic rings. The number of benzene rings is 1. The number of rotatable bonds is 3. The second-order valence-electron chi connectivity index (χ2n) is 4.98. The van der Waals surface area contributed by atoms with Gasteiger partial charge >= 0.3 is 0 Å². The largest absolute Gasteiger partial charge is 0.394 e. The van der Waals surface area contributed by atoms with E-state index in [1.54, 1.807) is 0 Å². The van der Waals surface area contributed by atoms with Crippen LogP contribution in [0.25, 0.3) is 0 Å². The zero-order valence-electron chi connectivity index (χ0n) is 10.9. The predicted molar refractivity (Wildman–Crippen MR) is 70.7 cm³/mol. The highest BCUT2D eigenvalue weighted by Gasteiger charge is 2.30. The van der Waals surface area contributed by atoms with E-state index in [9.17, 15) is 5.11 Å². The van der Waals surface area contributed by atoms with Crippen LogP contribution in [0.1, 0.15) is 24.5 Å². The van der Waals surface area contributed by atoms with Crippen LogP contribution < -0.4 is 4.90 Å². The molecule has 0 radical (unpaired) electrons. The summed E-state index contributed by atoms with van der Waals surface area (Å²) in [6.45, 7) is -0.131. The summed E-state index contributed by atoms with van der Waals surface area (Å²) < 4.78 is 5.72. The number of aliphatic hydroxyl groups excluding tert-OH is 2. The topological polar surface area (TPSA) is 52.9 Å². The highest BCUT2D eigenvalue weighted by molar-refractivity contribution is 5.46. The van der Waals surface area contributed by atoms with E-state index in [-0.39, 0.29) is 12.7 Å². The van der Waals surface area contributed by atoms with Crippen LogP contribution >= 0.6 is 0 Å². The standard InChI is InChI=1S/C14H21NO3/c1-15(2)11-5-3-10(4-6-11)13-8-7-12(17)14(9-16)18-13/h3-6,12-14,16-17H,7-9H2,1-2H3/t12-,13+,14+/m0/s1. The van der Waals surface area contributed by atoms with Gasteiger partial charge in [-0.1, -0.05) is 12.1 Å². The van der Waals surface area contributed by atoms with Gasteiger partial charge < -0.3 is 19.8 Å². The maximum Gasteiger partial charge on any atom is 0.107 e. The first-order chi connectivity index (χ1) is 8.61. The summed E-state index contributed by atoms with van der Waals surface area (Å²) in [6.07, 6.45) is 0.427. The van der Waals surface area contributed by atoms with Crippen molar-refractivity contribution < 1.29 is 14.9 Å². The predicted octanol–water partition coefficient (Wildman–Crippen LogP) is 1.33. The molecule has 3 atom stereocenters. The number of hydrogen-bond acceptors (Lipinski definition) is 4. The Labute approximate surface area is 108 Å². The first-order valence-electron chi connectivity index (χ1n) is 6.33. The Kier molecular flexibility index (Phi) is 4.22. The van der Waals surface area contributed by atoms with Gasteiger partial charge in [-0.05, 0) is 30.5 Å². The second-order valence-corrected chi connectivity index (χ2v) is 4.98. The van der Waals surface area contributed by atoms with E-state index in [2.05, 4.69) is 12.1 Å². The number of hydrogen-bond donors (Lipinski definition) is 2. The van der Waals surface area contributed by atoms with Gasteiger partial charge in [0.05, 0.1) is 18.8 Å². The van der Waals surface area contributed by atoms with Crippen LogP contribution in [0, 0.1) is 0 Å². The summed E-state index contributed by atoms with van der Waals surface area (Å²) in [5, 5.41) is 18.8. The molecule has 0 spiro atoms. The number of anilines is 1. The molecule has 0 aromatic heterocycles. The van der Waals surface area contributed by atoms with Crippen molar-refractivity contribution in [3.8, 4) is 0 Å². The van der Waals surface area contributed by atoms with E-state index in [1.807, 2.05) is 31.1 Å². The maximum atomic E-state index is 9.66. The molecule has 1 heterocycles. The highest BCUT2D eigenvalue weighted by Crippen LogP contribution is 2.32. The Morgan fingerprint density at radius 3 is 2.44 bits per heavy atom. The van der Waals surface area contributed by atoms with Crippen LogP contribution in [-0.2, 0) is 4.74 Å². The minimum Gasteiger partial charge on any atom is -0.394 e. The van der Waals surface area contributed by atoms with Crippen LogP contribution in [0.15, 0.2) is 24.3 Å². The van der Waals surface area contributed by atoms with Gasteiger partial charge in [0.25, 0.3) is 0 Å². The third-order valence-corrected chi connectivity index (χ3v) is 3.45. The van der Waals surface area contributed by atoms with Crippen LogP contribution in [0.3, 0.4) is 0 Å². The molecule has 1 aliphatic heterocycles. The van der Waals surface area contributed by atoms with E-state index in [0.717, 1.165) is 17.7 Å². The zero-order chi connectivity index (χ0) is 13.1. The van der Waals surface area contributed by atoms with E-state index >= 15 is 0 Å². The monoisotopic (exact) mass is 251 g/mol. The molecule has 18 heavy (non-hydrogen) atoms. The maximum absolute atomic E-state index is 9.66. The summed E-state index contributed by atoms with van der Waals surface area (Å²) >= 11 is 0. The molecule has 2 N–H and O–H groups in total. The van der Waals surface area contributed by atoms with Gasteiger partial charge in [-0.3, -0.25) is 0 Å². The fourth-order valence-electron chi connectivity index (χ4n) is 2.27. The summed E-state index contributed by atoms with van der Waals surface area (Å²) in [6, 6.07) is 8.20. The minimum atomic E-state index is -0.549. The van der Waals surface area contributed by atoms with Crippen molar-refractivity contribution in [2.45, 2.75) is 31.2 Å². The lowest BCUT2D eigenvalue weighted by atomic mass is 9.96. The third-order valence-electron chi connectivity index (χ3n) is 3.45. The van der Waals surface area contributed by atoms with Crippen molar-refractivity contribution in [2.75, 3.05) is 25.6 Å². The molecular formula is C14H21NO3. The number of nitrogens with zero attached hydrogens (tertiary/aromatic N) is 1. The van der Waals surface area contributed by atoms with Gasteiger partial charge in [-0.15, -0.1) is 0 Å². The first kappa shape index (κ1) is 13.3. The highest BCUT2D eigenvalue weighted by atomic mass is 16.5. The summed E-state index contributed by atoms with van der Waals surface area (Å²) in [5.74, 6) is 0. The smallest absolute Gasteiger partial charge is 0.107 e. The average molecular weight is 251 g/mol. The Morgan fingerprint density at radius 2 is 1.89 bits per heavy atom. The molecule has 4 heteroatoms. The fourth-order valence-corrected chi connectivity index (χ4v) is 2.27. The van der Waals surface area contributed by atoms with E-state index < -0.39 is 12.2 Å². The molecule has 100 valence electrons. The SMILES string of the molecule is CN(C)c1ccc([C@H]2CC[C@H](O)[C@@H](CO)O2)cc1. The minimum absolute atomic E-state index is 0.0261. The first-order valence-corrected chi connectivity index (χ1v) is 6.33. The summed E-state index contributed by atoms with van der Waals surface area (Å²) in [7, 11) is 4.01. The lowest BCUT2D eigenvalue weighted by Gasteiger charge is -2.33. The Hall–Kier alpha value is -1.10. The van der Waals surface area contributed by atoms with Crippen LogP contribution in [-0.4, -0.2) is 43.1 Å². The Bertz CT molecular complexity index is 377. The summed E-state index contributed by atoms with van der Waals surface area (Å²) in [4.78, 5) is 2.05. The van der Waals surface area contributed by atoms with E-state index in [0.29, 0.717) is 6.42 Å². The second kappa shape index (κ2) is 5.69. The summed E-state index contributed by atoms with van der Waals surface area (Å²) in [5.41, 5.74) is 2.25. The lowest BCUT2D eigenvalue weighted by Crippen LogP contribution is -2.38. The van der Waals surface area contributed by atoms with Crippen LogP contribution in [0.5, 0.6) is 0 Å². The average Bonchev–Trinajstić information content (AvgIpc) is 2.39. The Balaban J connectivity index is 2.07. The molecule has 1 aromatic rings.